The van der Waals surface area contributed by atoms with E-state index in [2.05, 4.69) is 44.8 Å². The minimum absolute atomic E-state index is 0.172. The fourth-order valence-electron chi connectivity index (χ4n) is 3.41. The fourth-order valence-corrected chi connectivity index (χ4v) is 3.41. The lowest BCUT2D eigenvalue weighted by Crippen LogP contribution is -2.17. The quantitative estimate of drug-likeness (QED) is 0.638. The second-order valence-electron chi connectivity index (χ2n) is 7.15. The summed E-state index contributed by atoms with van der Waals surface area (Å²) in [5.41, 5.74) is 3.84. The average molecular weight is 390 g/mol. The molecule has 2 aromatic carbocycles. The Morgan fingerprint density at radius 1 is 0.931 bits per heavy atom. The predicted molar refractivity (Wildman–Crippen MR) is 114 cm³/mol. The smallest absolute Gasteiger partial charge is 0.229 e. The number of amides is 1. The molecule has 2 heterocycles. The van der Waals surface area contributed by atoms with Crippen molar-refractivity contribution in [1.29, 1.82) is 0 Å². The van der Waals surface area contributed by atoms with Crippen LogP contribution in [0.25, 0.3) is 0 Å². The molecular formula is C23H23FN4O. The van der Waals surface area contributed by atoms with Gasteiger partial charge in [0.1, 0.15) is 11.6 Å². The normalized spacial score (nSPS) is 13.3. The summed E-state index contributed by atoms with van der Waals surface area (Å²) in [6, 6.07) is 17.9. The van der Waals surface area contributed by atoms with Gasteiger partial charge in [-0.05, 0) is 66.9 Å². The fraction of sp³-hybridized carbons (Fsp3) is 0.217. The van der Waals surface area contributed by atoms with Crippen molar-refractivity contribution in [3.8, 4) is 0 Å². The summed E-state index contributed by atoms with van der Waals surface area (Å²) < 4.78 is 12.9. The third-order valence-electron chi connectivity index (χ3n) is 4.94. The number of nitrogens with zero attached hydrogens (tertiary/aromatic N) is 2. The van der Waals surface area contributed by atoms with Crippen LogP contribution in [0, 0.1) is 5.82 Å². The molecule has 0 aliphatic carbocycles. The Morgan fingerprint density at radius 2 is 1.62 bits per heavy atom. The third-order valence-corrected chi connectivity index (χ3v) is 4.94. The minimum atomic E-state index is -0.315. The number of hydrogen-bond acceptors (Lipinski definition) is 4. The zero-order valence-electron chi connectivity index (χ0n) is 16.1. The zero-order chi connectivity index (χ0) is 20.1. The Kier molecular flexibility index (Phi) is 5.70. The molecule has 2 N–H and O–H groups in total. The lowest BCUT2D eigenvalue weighted by molar-refractivity contribution is -0.115. The standard InChI is InChI=1S/C23H23FN4O/c24-18-5-3-17(4-6-18)15-23(29)27-22-12-9-20(16-25-22)26-19-7-10-21(11-8-19)28-13-1-2-14-28/h3-12,16,26H,1-2,13-15H2,(H,25,27,29). The maximum atomic E-state index is 12.9. The van der Waals surface area contributed by atoms with E-state index in [1.165, 1.54) is 30.7 Å². The molecule has 1 aliphatic heterocycles. The molecule has 1 amide bonds. The monoisotopic (exact) mass is 390 g/mol. The van der Waals surface area contributed by atoms with Gasteiger partial charge in [-0.2, -0.15) is 0 Å². The third kappa shape index (κ3) is 5.10. The van der Waals surface area contributed by atoms with Gasteiger partial charge in [-0.1, -0.05) is 12.1 Å². The van der Waals surface area contributed by atoms with Gasteiger partial charge in [0, 0.05) is 24.5 Å². The number of carbonyl (C=O) groups is 1. The highest BCUT2D eigenvalue weighted by Gasteiger charge is 2.11. The molecule has 0 saturated carbocycles. The van der Waals surface area contributed by atoms with E-state index in [9.17, 15) is 9.18 Å². The number of halogens is 1. The molecule has 5 nitrogen and oxygen atoms in total. The molecule has 1 saturated heterocycles. The van der Waals surface area contributed by atoms with Gasteiger partial charge < -0.3 is 15.5 Å². The van der Waals surface area contributed by atoms with Crippen molar-refractivity contribution in [3.05, 3.63) is 78.2 Å². The van der Waals surface area contributed by atoms with E-state index < -0.39 is 0 Å². The highest BCUT2D eigenvalue weighted by molar-refractivity contribution is 5.91. The first-order valence-corrected chi connectivity index (χ1v) is 9.78. The largest absolute Gasteiger partial charge is 0.372 e. The van der Waals surface area contributed by atoms with Crippen LogP contribution in [0.4, 0.5) is 27.3 Å². The summed E-state index contributed by atoms with van der Waals surface area (Å²) >= 11 is 0. The number of hydrogen-bond donors (Lipinski definition) is 2. The van der Waals surface area contributed by atoms with Crippen LogP contribution < -0.4 is 15.5 Å². The summed E-state index contributed by atoms with van der Waals surface area (Å²) in [4.78, 5) is 18.8. The Labute approximate surface area is 169 Å². The Hall–Kier alpha value is -3.41. The van der Waals surface area contributed by atoms with Gasteiger partial charge in [0.25, 0.3) is 0 Å². The van der Waals surface area contributed by atoms with Crippen molar-refractivity contribution in [2.45, 2.75) is 19.3 Å². The zero-order valence-corrected chi connectivity index (χ0v) is 16.1. The molecule has 4 rings (SSSR count). The van der Waals surface area contributed by atoms with Crippen LogP contribution in [-0.4, -0.2) is 24.0 Å². The molecule has 0 spiro atoms. The molecule has 29 heavy (non-hydrogen) atoms. The van der Waals surface area contributed by atoms with Crippen molar-refractivity contribution < 1.29 is 9.18 Å². The number of nitrogens with one attached hydrogen (secondary N) is 2. The summed E-state index contributed by atoms with van der Waals surface area (Å²) in [7, 11) is 0. The van der Waals surface area contributed by atoms with Gasteiger partial charge in [-0.3, -0.25) is 4.79 Å². The molecular weight excluding hydrogens is 367 g/mol. The highest BCUT2D eigenvalue weighted by atomic mass is 19.1. The second-order valence-corrected chi connectivity index (χ2v) is 7.15. The molecule has 0 bridgehead atoms. The molecule has 1 aliphatic rings. The summed E-state index contributed by atoms with van der Waals surface area (Å²) in [5.74, 6) is -0.0287. The second kappa shape index (κ2) is 8.73. The molecule has 1 aromatic heterocycles. The first-order valence-electron chi connectivity index (χ1n) is 9.78. The minimum Gasteiger partial charge on any atom is -0.372 e. The lowest BCUT2D eigenvalue weighted by atomic mass is 10.1. The van der Waals surface area contributed by atoms with Crippen molar-refractivity contribution >= 4 is 28.8 Å². The lowest BCUT2D eigenvalue weighted by Gasteiger charge is -2.18. The molecule has 0 atom stereocenters. The summed E-state index contributed by atoms with van der Waals surface area (Å²) in [6.45, 7) is 2.26. The number of pyridine rings is 1. The van der Waals surface area contributed by atoms with Gasteiger partial charge >= 0.3 is 0 Å². The first kappa shape index (κ1) is 18.9. The van der Waals surface area contributed by atoms with Gasteiger partial charge in [-0.15, -0.1) is 0 Å². The van der Waals surface area contributed by atoms with Gasteiger partial charge in [0.2, 0.25) is 5.91 Å². The topological polar surface area (TPSA) is 57.3 Å². The van der Waals surface area contributed by atoms with Crippen molar-refractivity contribution in [1.82, 2.24) is 4.98 Å². The van der Waals surface area contributed by atoms with E-state index in [0.29, 0.717) is 5.82 Å². The van der Waals surface area contributed by atoms with Crippen LogP contribution in [0.2, 0.25) is 0 Å². The first-order chi connectivity index (χ1) is 14.2. The number of benzene rings is 2. The van der Waals surface area contributed by atoms with Crippen molar-refractivity contribution in [2.24, 2.45) is 0 Å². The van der Waals surface area contributed by atoms with Crippen LogP contribution >= 0.6 is 0 Å². The summed E-state index contributed by atoms with van der Waals surface area (Å²) in [6.07, 6.45) is 4.38. The van der Waals surface area contributed by atoms with E-state index in [0.717, 1.165) is 30.0 Å². The predicted octanol–water partition coefficient (Wildman–Crippen LogP) is 4.75. The Balaban J connectivity index is 1.31. The SMILES string of the molecule is O=C(Cc1ccc(F)cc1)Nc1ccc(Nc2ccc(N3CCCC3)cc2)cn1. The van der Waals surface area contributed by atoms with E-state index in [4.69, 9.17) is 0 Å². The van der Waals surface area contributed by atoms with Gasteiger partial charge in [0.05, 0.1) is 18.3 Å². The highest BCUT2D eigenvalue weighted by Crippen LogP contribution is 2.24. The molecule has 0 radical (unpaired) electrons. The number of carbonyl (C=O) groups excluding carboxylic acids is 1. The van der Waals surface area contributed by atoms with E-state index in [-0.39, 0.29) is 18.1 Å². The number of anilines is 4. The molecule has 3 aromatic rings. The Bertz CT molecular complexity index is 950. The number of rotatable bonds is 6. The van der Waals surface area contributed by atoms with Crippen molar-refractivity contribution in [3.63, 3.8) is 0 Å². The van der Waals surface area contributed by atoms with Crippen molar-refractivity contribution in [2.75, 3.05) is 28.6 Å². The molecule has 1 fully saturated rings. The van der Waals surface area contributed by atoms with E-state index >= 15 is 0 Å². The Morgan fingerprint density at radius 3 is 2.28 bits per heavy atom. The molecule has 6 heteroatoms. The summed E-state index contributed by atoms with van der Waals surface area (Å²) in [5, 5.41) is 6.08. The van der Waals surface area contributed by atoms with Gasteiger partial charge in [0.15, 0.2) is 0 Å². The van der Waals surface area contributed by atoms with E-state index in [1.807, 2.05) is 6.07 Å². The maximum Gasteiger partial charge on any atom is 0.229 e. The van der Waals surface area contributed by atoms with Crippen LogP contribution in [0.15, 0.2) is 66.9 Å². The van der Waals surface area contributed by atoms with E-state index in [1.54, 1.807) is 24.4 Å². The number of aromatic nitrogens is 1. The van der Waals surface area contributed by atoms with Gasteiger partial charge in [-0.25, -0.2) is 9.37 Å². The van der Waals surface area contributed by atoms with Crippen LogP contribution in [0.5, 0.6) is 0 Å². The maximum absolute atomic E-state index is 12.9. The van der Waals surface area contributed by atoms with Crippen LogP contribution in [-0.2, 0) is 11.2 Å². The average Bonchev–Trinajstić information content (AvgIpc) is 3.27. The molecule has 148 valence electrons. The molecule has 0 unspecified atom stereocenters. The van der Waals surface area contributed by atoms with Crippen LogP contribution in [0.1, 0.15) is 18.4 Å². The van der Waals surface area contributed by atoms with Crippen LogP contribution in [0.3, 0.4) is 0 Å².